The van der Waals surface area contributed by atoms with Crippen LogP contribution in [0.25, 0.3) is 0 Å². The van der Waals surface area contributed by atoms with Crippen LogP contribution in [0.4, 0.5) is 5.69 Å². The van der Waals surface area contributed by atoms with E-state index in [1.807, 2.05) is 0 Å². The molecule has 0 unspecified atom stereocenters. The molecule has 20 heavy (non-hydrogen) atoms. The third kappa shape index (κ3) is 6.60. The highest BCUT2D eigenvalue weighted by Gasteiger charge is 2.02. The van der Waals surface area contributed by atoms with Crippen LogP contribution in [0.1, 0.15) is 0 Å². The molecule has 1 rings (SSSR count). The van der Waals surface area contributed by atoms with Crippen LogP contribution in [-0.2, 0) is 14.2 Å². The first-order chi connectivity index (χ1) is 9.77. The van der Waals surface area contributed by atoms with Gasteiger partial charge in [-0.2, -0.15) is 0 Å². The molecule has 0 spiro atoms. The van der Waals surface area contributed by atoms with E-state index in [9.17, 15) is 0 Å². The third-order valence-corrected chi connectivity index (χ3v) is 2.51. The van der Waals surface area contributed by atoms with Crippen molar-refractivity contribution in [3.63, 3.8) is 0 Å². The Morgan fingerprint density at radius 1 is 0.900 bits per heavy atom. The van der Waals surface area contributed by atoms with E-state index in [4.69, 9.17) is 29.4 Å². The maximum absolute atomic E-state index is 5.80. The summed E-state index contributed by atoms with van der Waals surface area (Å²) in [5.74, 6) is 1.31. The molecule has 0 radical (unpaired) electrons. The van der Waals surface area contributed by atoms with Crippen LogP contribution in [-0.4, -0.2) is 53.9 Å². The molecule has 6 heteroatoms. The van der Waals surface area contributed by atoms with Crippen molar-refractivity contribution in [1.82, 2.24) is 0 Å². The second-order valence-corrected chi connectivity index (χ2v) is 3.97. The van der Waals surface area contributed by atoms with Crippen LogP contribution in [0.2, 0.25) is 0 Å². The molecule has 0 saturated heterocycles. The van der Waals surface area contributed by atoms with Gasteiger partial charge < -0.3 is 29.4 Å². The molecule has 0 amide bonds. The molecular weight excluding hydrogens is 262 g/mol. The fourth-order valence-electron chi connectivity index (χ4n) is 1.44. The average molecular weight is 285 g/mol. The number of hydrogen-bond acceptors (Lipinski definition) is 6. The van der Waals surface area contributed by atoms with Crippen molar-refractivity contribution < 1.29 is 23.7 Å². The van der Waals surface area contributed by atoms with E-state index in [0.29, 0.717) is 56.8 Å². The van der Waals surface area contributed by atoms with Gasteiger partial charge in [-0.15, -0.1) is 0 Å². The van der Waals surface area contributed by atoms with E-state index >= 15 is 0 Å². The predicted molar refractivity (Wildman–Crippen MR) is 76.4 cm³/mol. The van der Waals surface area contributed by atoms with Crippen LogP contribution in [0.3, 0.4) is 0 Å². The normalized spacial score (nSPS) is 10.5. The molecule has 2 N–H and O–H groups in total. The van der Waals surface area contributed by atoms with Gasteiger partial charge in [0.05, 0.1) is 45.8 Å². The lowest BCUT2D eigenvalue weighted by molar-refractivity contribution is 0.0180. The number of hydrogen-bond donors (Lipinski definition) is 1. The molecule has 0 aliphatic heterocycles. The van der Waals surface area contributed by atoms with Crippen molar-refractivity contribution in [3.05, 3.63) is 18.2 Å². The van der Waals surface area contributed by atoms with Crippen molar-refractivity contribution in [1.29, 1.82) is 0 Å². The highest BCUT2D eigenvalue weighted by molar-refractivity contribution is 5.55. The third-order valence-electron chi connectivity index (χ3n) is 2.51. The number of anilines is 1. The number of methoxy groups -OCH3 is 2. The zero-order valence-electron chi connectivity index (χ0n) is 12.1. The van der Waals surface area contributed by atoms with E-state index in [0.717, 1.165) is 0 Å². The summed E-state index contributed by atoms with van der Waals surface area (Å²) in [5.41, 5.74) is 6.38. The molecule has 1 aromatic rings. The van der Waals surface area contributed by atoms with Gasteiger partial charge in [0.1, 0.15) is 18.1 Å². The molecule has 0 fully saturated rings. The van der Waals surface area contributed by atoms with Crippen LogP contribution >= 0.6 is 0 Å². The van der Waals surface area contributed by atoms with Crippen molar-refractivity contribution in [2.75, 3.05) is 59.6 Å². The second-order valence-electron chi connectivity index (χ2n) is 3.97. The second kappa shape index (κ2) is 10.3. The lowest BCUT2D eigenvalue weighted by Crippen LogP contribution is -2.12. The van der Waals surface area contributed by atoms with E-state index in [-0.39, 0.29) is 0 Å². The molecule has 0 aliphatic carbocycles. The molecule has 114 valence electrons. The van der Waals surface area contributed by atoms with Crippen LogP contribution in [0.5, 0.6) is 11.5 Å². The standard InChI is InChI=1S/C14H23NO5/c1-16-5-6-18-7-8-19-9-10-20-14-11-12(17-2)3-4-13(14)15/h3-4,11H,5-10,15H2,1-2H3. The van der Waals surface area contributed by atoms with E-state index in [2.05, 4.69) is 0 Å². The predicted octanol–water partition coefficient (Wildman–Crippen LogP) is 1.34. The molecule has 0 aliphatic rings. The molecule has 6 nitrogen and oxygen atoms in total. The minimum Gasteiger partial charge on any atom is -0.497 e. The Kier molecular flexibility index (Phi) is 8.53. The minimum absolute atomic E-state index is 0.426. The van der Waals surface area contributed by atoms with Gasteiger partial charge in [-0.3, -0.25) is 0 Å². The van der Waals surface area contributed by atoms with E-state index in [1.165, 1.54) is 0 Å². The first kappa shape index (κ1) is 16.6. The molecule has 0 saturated carbocycles. The first-order valence-electron chi connectivity index (χ1n) is 6.48. The summed E-state index contributed by atoms with van der Waals surface area (Å²) in [6.45, 7) is 3.15. The zero-order chi connectivity index (χ0) is 14.6. The van der Waals surface area contributed by atoms with E-state index < -0.39 is 0 Å². The molecule has 0 bridgehead atoms. The Bertz CT molecular complexity index is 373. The summed E-state index contributed by atoms with van der Waals surface area (Å²) in [6, 6.07) is 5.29. The van der Waals surface area contributed by atoms with Crippen LogP contribution in [0, 0.1) is 0 Å². The molecule has 0 atom stereocenters. The lowest BCUT2D eigenvalue weighted by atomic mass is 10.3. The van der Waals surface area contributed by atoms with Gasteiger partial charge in [0.2, 0.25) is 0 Å². The Morgan fingerprint density at radius 3 is 2.20 bits per heavy atom. The highest BCUT2D eigenvalue weighted by Crippen LogP contribution is 2.26. The minimum atomic E-state index is 0.426. The number of benzene rings is 1. The largest absolute Gasteiger partial charge is 0.497 e. The van der Waals surface area contributed by atoms with Gasteiger partial charge in [0, 0.05) is 13.2 Å². The number of nitrogen functional groups attached to an aromatic ring is 1. The zero-order valence-corrected chi connectivity index (χ0v) is 12.1. The summed E-state index contributed by atoms with van der Waals surface area (Å²) >= 11 is 0. The maximum Gasteiger partial charge on any atom is 0.145 e. The van der Waals surface area contributed by atoms with Gasteiger partial charge in [-0.25, -0.2) is 0 Å². The van der Waals surface area contributed by atoms with Crippen molar-refractivity contribution in [3.8, 4) is 11.5 Å². The van der Waals surface area contributed by atoms with Crippen molar-refractivity contribution in [2.45, 2.75) is 0 Å². The SMILES string of the molecule is COCCOCCOCCOc1cc(OC)ccc1N. The van der Waals surface area contributed by atoms with Gasteiger partial charge in [-0.1, -0.05) is 0 Å². The average Bonchev–Trinajstić information content (AvgIpc) is 2.47. The smallest absolute Gasteiger partial charge is 0.145 e. The Balaban J connectivity index is 2.09. The van der Waals surface area contributed by atoms with Crippen LogP contribution in [0.15, 0.2) is 18.2 Å². The Morgan fingerprint density at radius 2 is 1.55 bits per heavy atom. The molecule has 0 aromatic heterocycles. The Labute approximate surface area is 119 Å². The van der Waals surface area contributed by atoms with Gasteiger partial charge >= 0.3 is 0 Å². The maximum atomic E-state index is 5.80. The highest BCUT2D eigenvalue weighted by atomic mass is 16.6. The van der Waals surface area contributed by atoms with Crippen molar-refractivity contribution >= 4 is 5.69 Å². The summed E-state index contributed by atoms with van der Waals surface area (Å²) in [4.78, 5) is 0. The quantitative estimate of drug-likeness (QED) is 0.488. The first-order valence-corrected chi connectivity index (χ1v) is 6.48. The summed E-state index contributed by atoms with van der Waals surface area (Å²) in [7, 11) is 3.24. The molecular formula is C14H23NO5. The topological polar surface area (TPSA) is 72.2 Å². The Hall–Kier alpha value is -1.50. The number of ether oxygens (including phenoxy) is 5. The van der Waals surface area contributed by atoms with Gasteiger partial charge in [0.25, 0.3) is 0 Å². The fourth-order valence-corrected chi connectivity index (χ4v) is 1.44. The summed E-state index contributed by atoms with van der Waals surface area (Å²) in [6.07, 6.45) is 0. The lowest BCUT2D eigenvalue weighted by Gasteiger charge is -2.10. The van der Waals surface area contributed by atoms with E-state index in [1.54, 1.807) is 32.4 Å². The van der Waals surface area contributed by atoms with Gasteiger partial charge in [0.15, 0.2) is 0 Å². The molecule has 1 aromatic carbocycles. The summed E-state index contributed by atoms with van der Waals surface area (Å²) in [5, 5.41) is 0. The van der Waals surface area contributed by atoms with Gasteiger partial charge in [-0.05, 0) is 12.1 Å². The monoisotopic (exact) mass is 285 g/mol. The molecule has 0 heterocycles. The fraction of sp³-hybridized carbons (Fsp3) is 0.571. The number of rotatable bonds is 11. The number of nitrogens with two attached hydrogens (primary N) is 1. The van der Waals surface area contributed by atoms with Crippen molar-refractivity contribution in [2.24, 2.45) is 0 Å². The summed E-state index contributed by atoms with van der Waals surface area (Å²) < 4.78 is 26.1. The van der Waals surface area contributed by atoms with Crippen LogP contribution < -0.4 is 15.2 Å².